The summed E-state index contributed by atoms with van der Waals surface area (Å²) >= 11 is 2.20. The molecule has 0 amide bonds. The molecule has 2 unspecified atom stereocenters. The number of unbranched alkanes of at least 4 members (excludes halogenated alkanes) is 1. The normalized spacial score (nSPS) is 21.1. The molecule has 1 aliphatic rings. The van der Waals surface area contributed by atoms with Gasteiger partial charge in [0, 0.05) is 21.4 Å². The van der Waals surface area contributed by atoms with Crippen LogP contribution in [0.15, 0.2) is 41.8 Å². The number of carboxylic acid groups (broad SMARTS) is 1. The number of allylic oxidation sites excluding steroid dienone is 2. The van der Waals surface area contributed by atoms with E-state index in [0.29, 0.717) is 12.3 Å². The number of carboxylic acids is 1. The fraction of sp³-hybridized carbons (Fsp3) is 0.450. The van der Waals surface area contributed by atoms with Crippen LogP contribution in [0.1, 0.15) is 50.5 Å². The molecular formula is C20H26INO4S. The summed E-state index contributed by atoms with van der Waals surface area (Å²) in [5.41, 5.74) is 0.859. The molecule has 1 aliphatic carbocycles. The molecule has 0 spiro atoms. The molecule has 2 N–H and O–H groups in total. The van der Waals surface area contributed by atoms with E-state index in [4.69, 9.17) is 5.11 Å². The Morgan fingerprint density at radius 1 is 1.33 bits per heavy atom. The summed E-state index contributed by atoms with van der Waals surface area (Å²) in [7, 11) is -3.48. The summed E-state index contributed by atoms with van der Waals surface area (Å²) < 4.78 is 28.6. The van der Waals surface area contributed by atoms with Crippen molar-refractivity contribution in [2.45, 2.75) is 51.0 Å². The monoisotopic (exact) mass is 503 g/mol. The third kappa shape index (κ3) is 9.03. The Morgan fingerprint density at radius 3 is 2.89 bits per heavy atom. The highest BCUT2D eigenvalue weighted by atomic mass is 127. The van der Waals surface area contributed by atoms with Gasteiger partial charge in [-0.1, -0.05) is 30.7 Å². The van der Waals surface area contributed by atoms with Gasteiger partial charge in [-0.05, 0) is 84.4 Å². The second-order valence-corrected chi connectivity index (χ2v) is 9.70. The predicted molar refractivity (Wildman–Crippen MR) is 117 cm³/mol. The van der Waals surface area contributed by atoms with Gasteiger partial charge in [-0.3, -0.25) is 4.79 Å². The van der Waals surface area contributed by atoms with Gasteiger partial charge in [0.15, 0.2) is 0 Å². The average molecular weight is 503 g/mol. The van der Waals surface area contributed by atoms with Gasteiger partial charge in [0.05, 0.1) is 0 Å². The smallest absolute Gasteiger partial charge is 0.303 e. The van der Waals surface area contributed by atoms with Crippen molar-refractivity contribution in [2.24, 2.45) is 5.92 Å². The summed E-state index contributed by atoms with van der Waals surface area (Å²) in [6.45, 7) is 0. The number of nitrogens with one attached hydrogen (secondary N) is 1. The molecule has 0 bridgehead atoms. The van der Waals surface area contributed by atoms with E-state index in [1.165, 1.54) is 5.41 Å². The van der Waals surface area contributed by atoms with Crippen molar-refractivity contribution in [3.63, 3.8) is 0 Å². The lowest BCUT2D eigenvalue weighted by molar-refractivity contribution is -0.137. The zero-order valence-corrected chi connectivity index (χ0v) is 18.2. The van der Waals surface area contributed by atoms with Gasteiger partial charge < -0.3 is 5.11 Å². The van der Waals surface area contributed by atoms with Gasteiger partial charge in [0.25, 0.3) is 0 Å². The number of sulfonamides is 1. The van der Waals surface area contributed by atoms with Crippen molar-refractivity contribution in [3.05, 3.63) is 51.0 Å². The molecule has 7 heteroatoms. The second kappa shape index (κ2) is 11.0. The maximum absolute atomic E-state index is 12.4. The number of aliphatic carboxylic acids is 1. The summed E-state index contributed by atoms with van der Waals surface area (Å²) in [6, 6.07) is 7.61. The molecule has 0 radical (unpaired) electrons. The van der Waals surface area contributed by atoms with E-state index in [1.54, 1.807) is 6.08 Å². The number of hydrogen-bond donors (Lipinski definition) is 2. The number of halogens is 1. The lowest BCUT2D eigenvalue weighted by Crippen LogP contribution is -2.37. The molecule has 1 aromatic rings. The SMILES string of the molecule is O=C(O)CCC/C=C/C1CCCC(NS(=O)(=O)/C=C/c2cccc(I)c2)C1. The Kier molecular flexibility index (Phi) is 8.98. The van der Waals surface area contributed by atoms with Crippen molar-refractivity contribution in [2.75, 3.05) is 0 Å². The average Bonchev–Trinajstić information content (AvgIpc) is 2.60. The predicted octanol–water partition coefficient (Wildman–Crippen LogP) is 4.55. The Bertz CT molecular complexity index is 789. The van der Waals surface area contributed by atoms with Gasteiger partial charge in [-0.25, -0.2) is 13.1 Å². The van der Waals surface area contributed by atoms with Crippen molar-refractivity contribution in [1.82, 2.24) is 4.72 Å². The van der Waals surface area contributed by atoms with Crippen LogP contribution >= 0.6 is 22.6 Å². The first kappa shape index (κ1) is 22.1. The Hall–Kier alpha value is -1.19. The first-order chi connectivity index (χ1) is 12.8. The highest BCUT2D eigenvalue weighted by Crippen LogP contribution is 2.26. The zero-order valence-electron chi connectivity index (χ0n) is 15.2. The van der Waals surface area contributed by atoms with Gasteiger partial charge >= 0.3 is 5.97 Å². The van der Waals surface area contributed by atoms with Crippen LogP contribution in [0.3, 0.4) is 0 Å². The van der Waals surface area contributed by atoms with Crippen molar-refractivity contribution in [1.29, 1.82) is 0 Å². The minimum Gasteiger partial charge on any atom is -0.481 e. The summed E-state index contributed by atoms with van der Waals surface area (Å²) in [5.74, 6) is -0.426. The zero-order chi connectivity index (χ0) is 19.7. The van der Waals surface area contributed by atoms with E-state index in [1.807, 2.05) is 30.3 Å². The van der Waals surface area contributed by atoms with Gasteiger partial charge in [-0.2, -0.15) is 0 Å². The lowest BCUT2D eigenvalue weighted by atomic mass is 9.86. The minimum atomic E-state index is -3.48. The van der Waals surface area contributed by atoms with E-state index in [2.05, 4.69) is 33.4 Å². The molecule has 0 saturated heterocycles. The van der Waals surface area contributed by atoms with Crippen molar-refractivity contribution in [3.8, 4) is 0 Å². The van der Waals surface area contributed by atoms with E-state index < -0.39 is 16.0 Å². The Morgan fingerprint density at radius 2 is 2.15 bits per heavy atom. The largest absolute Gasteiger partial charge is 0.481 e. The lowest BCUT2D eigenvalue weighted by Gasteiger charge is -2.27. The summed E-state index contributed by atoms with van der Waals surface area (Å²) in [4.78, 5) is 10.5. The van der Waals surface area contributed by atoms with Crippen LogP contribution in [-0.2, 0) is 14.8 Å². The van der Waals surface area contributed by atoms with Crippen LogP contribution in [0.5, 0.6) is 0 Å². The quantitative estimate of drug-likeness (QED) is 0.294. The standard InChI is InChI=1S/C20H26INO4S/c21-18-9-4-7-17(14-18)12-13-27(25,26)22-19-10-5-8-16(15-19)6-2-1-3-11-20(23)24/h2,4,6-7,9,12-14,16,19,22H,1,3,5,8,10-11,15H2,(H,23,24)/b6-2+,13-12+. The molecule has 2 rings (SSSR count). The number of carbonyl (C=O) groups is 1. The topological polar surface area (TPSA) is 83.5 Å². The van der Waals surface area contributed by atoms with Crippen LogP contribution in [-0.4, -0.2) is 25.5 Å². The van der Waals surface area contributed by atoms with Crippen LogP contribution in [0.2, 0.25) is 0 Å². The number of benzene rings is 1. The molecule has 1 aromatic carbocycles. The third-order valence-corrected chi connectivity index (χ3v) is 6.33. The molecule has 0 heterocycles. The van der Waals surface area contributed by atoms with E-state index in [-0.39, 0.29) is 12.5 Å². The maximum atomic E-state index is 12.4. The molecule has 0 aromatic heterocycles. The van der Waals surface area contributed by atoms with Gasteiger partial charge in [0.2, 0.25) is 10.0 Å². The number of rotatable bonds is 9. The van der Waals surface area contributed by atoms with Gasteiger partial charge in [-0.15, -0.1) is 0 Å². The fourth-order valence-corrected chi connectivity index (χ4v) is 4.88. The van der Waals surface area contributed by atoms with Crippen LogP contribution in [0.4, 0.5) is 0 Å². The molecule has 5 nitrogen and oxygen atoms in total. The molecule has 1 saturated carbocycles. The van der Waals surface area contributed by atoms with E-state index >= 15 is 0 Å². The molecule has 27 heavy (non-hydrogen) atoms. The fourth-order valence-electron chi connectivity index (χ4n) is 3.22. The van der Waals surface area contributed by atoms with Crippen LogP contribution in [0, 0.1) is 9.49 Å². The number of hydrogen-bond acceptors (Lipinski definition) is 3. The highest BCUT2D eigenvalue weighted by molar-refractivity contribution is 14.1. The van der Waals surface area contributed by atoms with Crippen LogP contribution < -0.4 is 4.72 Å². The molecule has 0 aliphatic heterocycles. The van der Waals surface area contributed by atoms with E-state index in [9.17, 15) is 13.2 Å². The van der Waals surface area contributed by atoms with Gasteiger partial charge in [0.1, 0.15) is 0 Å². The summed E-state index contributed by atoms with van der Waals surface area (Å²) in [6.07, 6.45) is 11.0. The molecule has 1 fully saturated rings. The van der Waals surface area contributed by atoms with E-state index in [0.717, 1.165) is 41.2 Å². The molecular weight excluding hydrogens is 477 g/mol. The van der Waals surface area contributed by atoms with Crippen LogP contribution in [0.25, 0.3) is 6.08 Å². The van der Waals surface area contributed by atoms with Crippen molar-refractivity contribution < 1.29 is 18.3 Å². The Balaban J connectivity index is 1.84. The third-order valence-electron chi connectivity index (χ3n) is 4.50. The maximum Gasteiger partial charge on any atom is 0.303 e. The second-order valence-electron chi connectivity index (χ2n) is 6.86. The first-order valence-electron chi connectivity index (χ1n) is 9.18. The van der Waals surface area contributed by atoms with Crippen molar-refractivity contribution >= 4 is 44.7 Å². The minimum absolute atomic E-state index is 0.0574. The highest BCUT2D eigenvalue weighted by Gasteiger charge is 2.23. The molecule has 148 valence electrons. The summed E-state index contributed by atoms with van der Waals surface area (Å²) in [5, 5.41) is 9.88. The Labute approximate surface area is 175 Å². The first-order valence-corrected chi connectivity index (χ1v) is 11.8. The molecule has 2 atom stereocenters.